The highest BCUT2D eigenvalue weighted by molar-refractivity contribution is 7.09. The van der Waals surface area contributed by atoms with Gasteiger partial charge in [-0.05, 0) is 20.8 Å². The molecule has 0 fully saturated rings. The third-order valence-electron chi connectivity index (χ3n) is 1.84. The Kier molecular flexibility index (Phi) is 4.42. The van der Waals surface area contributed by atoms with Crippen LogP contribution in [0.15, 0.2) is 5.38 Å². The van der Waals surface area contributed by atoms with Crippen LogP contribution in [0.1, 0.15) is 29.3 Å². The Balaban J connectivity index is 2.54. The van der Waals surface area contributed by atoms with Crippen LogP contribution < -0.4 is 5.32 Å². The molecule has 1 atom stereocenters. The molecule has 0 spiro atoms. The van der Waals surface area contributed by atoms with Gasteiger partial charge in [-0.25, -0.2) is 9.78 Å². The first-order valence-corrected chi connectivity index (χ1v) is 5.82. The maximum absolute atomic E-state index is 11.6. The Labute approximate surface area is 97.8 Å². The summed E-state index contributed by atoms with van der Waals surface area (Å²) in [7, 11) is 0. The number of nitrogens with zero attached hydrogens (tertiary/aromatic N) is 1. The van der Waals surface area contributed by atoms with Gasteiger partial charge < -0.3 is 10.1 Å². The predicted molar refractivity (Wildman–Crippen MR) is 60.4 cm³/mol. The smallest absolute Gasteiger partial charge is 0.328 e. The molecule has 0 bridgehead atoms. The van der Waals surface area contributed by atoms with E-state index in [0.717, 1.165) is 5.01 Å². The van der Waals surface area contributed by atoms with Crippen molar-refractivity contribution < 1.29 is 14.3 Å². The zero-order chi connectivity index (χ0) is 12.1. The van der Waals surface area contributed by atoms with Crippen LogP contribution in [0.3, 0.4) is 0 Å². The maximum atomic E-state index is 11.6. The molecule has 1 heterocycles. The largest absolute Gasteiger partial charge is 0.464 e. The van der Waals surface area contributed by atoms with Gasteiger partial charge in [-0.3, -0.25) is 4.79 Å². The van der Waals surface area contributed by atoms with E-state index in [9.17, 15) is 9.59 Å². The molecule has 0 aromatic carbocycles. The van der Waals surface area contributed by atoms with Crippen LogP contribution in [-0.4, -0.2) is 29.5 Å². The fraction of sp³-hybridized carbons (Fsp3) is 0.500. The fourth-order valence-corrected chi connectivity index (χ4v) is 1.66. The summed E-state index contributed by atoms with van der Waals surface area (Å²) in [6.45, 7) is 5.41. The molecular formula is C10H14N2O3S. The molecule has 88 valence electrons. The van der Waals surface area contributed by atoms with Gasteiger partial charge in [0.25, 0.3) is 5.91 Å². The lowest BCUT2D eigenvalue weighted by atomic mass is 10.3. The van der Waals surface area contributed by atoms with Gasteiger partial charge in [0.2, 0.25) is 0 Å². The van der Waals surface area contributed by atoms with Gasteiger partial charge in [0.05, 0.1) is 11.6 Å². The van der Waals surface area contributed by atoms with Gasteiger partial charge in [0.15, 0.2) is 0 Å². The number of ether oxygens (including phenoxy) is 1. The molecule has 0 aliphatic heterocycles. The van der Waals surface area contributed by atoms with Crippen molar-refractivity contribution in [2.75, 3.05) is 6.61 Å². The Bertz CT molecular complexity index is 389. The van der Waals surface area contributed by atoms with Crippen molar-refractivity contribution >= 4 is 23.2 Å². The quantitative estimate of drug-likeness (QED) is 0.804. The fourth-order valence-electron chi connectivity index (χ4n) is 1.06. The summed E-state index contributed by atoms with van der Waals surface area (Å²) < 4.78 is 4.77. The molecule has 1 amide bonds. The standard InChI is InChI=1S/C10H14N2O3S/c1-4-15-10(14)6(2)11-9(13)8-5-16-7(3)12-8/h5-6H,4H2,1-3H3,(H,11,13)/t6-/m1/s1. The molecule has 16 heavy (non-hydrogen) atoms. The van der Waals surface area contributed by atoms with Gasteiger partial charge >= 0.3 is 5.97 Å². The number of carbonyl (C=O) groups excluding carboxylic acids is 2. The number of rotatable bonds is 4. The first-order valence-electron chi connectivity index (χ1n) is 4.94. The summed E-state index contributed by atoms with van der Waals surface area (Å²) in [6.07, 6.45) is 0. The predicted octanol–water partition coefficient (Wildman–Crippen LogP) is 1.13. The number of thiazole rings is 1. The lowest BCUT2D eigenvalue weighted by molar-refractivity contribution is -0.144. The highest BCUT2D eigenvalue weighted by Gasteiger charge is 2.18. The Hall–Kier alpha value is -1.43. The van der Waals surface area contributed by atoms with E-state index >= 15 is 0 Å². The number of esters is 1. The zero-order valence-corrected chi connectivity index (χ0v) is 10.3. The minimum absolute atomic E-state index is 0.300. The van der Waals surface area contributed by atoms with Crippen LogP contribution in [-0.2, 0) is 9.53 Å². The molecule has 0 unspecified atom stereocenters. The number of hydrogen-bond donors (Lipinski definition) is 1. The molecule has 0 aliphatic carbocycles. The molecular weight excluding hydrogens is 228 g/mol. The van der Waals surface area contributed by atoms with E-state index in [0.29, 0.717) is 12.3 Å². The number of amides is 1. The topological polar surface area (TPSA) is 68.3 Å². The molecule has 0 aliphatic rings. The minimum Gasteiger partial charge on any atom is -0.464 e. The molecule has 1 aromatic heterocycles. The number of hydrogen-bond acceptors (Lipinski definition) is 5. The molecule has 0 saturated heterocycles. The third-order valence-corrected chi connectivity index (χ3v) is 2.61. The number of nitrogens with one attached hydrogen (secondary N) is 1. The van der Waals surface area contributed by atoms with Gasteiger partial charge in [-0.2, -0.15) is 0 Å². The molecule has 0 saturated carbocycles. The second-order valence-corrected chi connectivity index (χ2v) is 4.26. The SMILES string of the molecule is CCOC(=O)[C@@H](C)NC(=O)c1csc(C)n1. The van der Waals surface area contributed by atoms with E-state index in [1.54, 1.807) is 19.2 Å². The average Bonchev–Trinajstić information content (AvgIpc) is 2.65. The summed E-state index contributed by atoms with van der Waals surface area (Å²) in [6, 6.07) is -0.658. The molecule has 1 rings (SSSR count). The molecule has 0 radical (unpaired) electrons. The van der Waals surface area contributed by atoms with Crippen molar-refractivity contribution in [1.82, 2.24) is 10.3 Å². The highest BCUT2D eigenvalue weighted by Crippen LogP contribution is 2.07. The lowest BCUT2D eigenvalue weighted by Gasteiger charge is -2.11. The van der Waals surface area contributed by atoms with Crippen molar-refractivity contribution in [3.8, 4) is 0 Å². The maximum Gasteiger partial charge on any atom is 0.328 e. The van der Waals surface area contributed by atoms with E-state index < -0.39 is 12.0 Å². The summed E-state index contributed by atoms with van der Waals surface area (Å²) >= 11 is 1.39. The molecule has 1 aromatic rings. The van der Waals surface area contributed by atoms with Crippen molar-refractivity contribution in [3.05, 3.63) is 16.1 Å². The first kappa shape index (κ1) is 12.6. The summed E-state index contributed by atoms with van der Waals surface area (Å²) in [4.78, 5) is 26.9. The summed E-state index contributed by atoms with van der Waals surface area (Å²) in [5.74, 6) is -0.798. The van der Waals surface area contributed by atoms with Gasteiger partial charge in [-0.1, -0.05) is 0 Å². The van der Waals surface area contributed by atoms with Crippen LogP contribution in [0.2, 0.25) is 0 Å². The van der Waals surface area contributed by atoms with Crippen LogP contribution in [0.25, 0.3) is 0 Å². The average molecular weight is 242 g/mol. The van der Waals surface area contributed by atoms with Gasteiger partial charge in [0, 0.05) is 5.38 Å². The van der Waals surface area contributed by atoms with E-state index in [1.807, 2.05) is 6.92 Å². The molecule has 6 heteroatoms. The van der Waals surface area contributed by atoms with E-state index in [1.165, 1.54) is 11.3 Å². The number of aryl methyl sites for hydroxylation is 1. The van der Waals surface area contributed by atoms with Crippen LogP contribution in [0, 0.1) is 6.92 Å². The number of carbonyl (C=O) groups is 2. The van der Waals surface area contributed by atoms with Crippen LogP contribution in [0.4, 0.5) is 0 Å². The Morgan fingerprint density at radius 1 is 1.62 bits per heavy atom. The minimum atomic E-state index is -0.658. The Morgan fingerprint density at radius 3 is 2.81 bits per heavy atom. The van der Waals surface area contributed by atoms with Crippen molar-refractivity contribution in [2.45, 2.75) is 26.8 Å². The van der Waals surface area contributed by atoms with E-state index in [-0.39, 0.29) is 5.91 Å². The van der Waals surface area contributed by atoms with Crippen LogP contribution >= 0.6 is 11.3 Å². The van der Waals surface area contributed by atoms with E-state index in [2.05, 4.69) is 10.3 Å². The van der Waals surface area contributed by atoms with Crippen molar-refractivity contribution in [3.63, 3.8) is 0 Å². The third kappa shape index (κ3) is 3.30. The first-order chi connectivity index (χ1) is 7.54. The van der Waals surface area contributed by atoms with Gasteiger partial charge in [0.1, 0.15) is 11.7 Å². The summed E-state index contributed by atoms with van der Waals surface area (Å²) in [5.41, 5.74) is 0.332. The van der Waals surface area contributed by atoms with E-state index in [4.69, 9.17) is 4.74 Å². The normalized spacial score (nSPS) is 11.9. The zero-order valence-electron chi connectivity index (χ0n) is 9.44. The van der Waals surface area contributed by atoms with Crippen LogP contribution in [0.5, 0.6) is 0 Å². The molecule has 5 nitrogen and oxygen atoms in total. The number of aromatic nitrogens is 1. The van der Waals surface area contributed by atoms with Crippen molar-refractivity contribution in [1.29, 1.82) is 0 Å². The lowest BCUT2D eigenvalue weighted by Crippen LogP contribution is -2.39. The molecule has 1 N–H and O–H groups in total. The monoisotopic (exact) mass is 242 g/mol. The second kappa shape index (κ2) is 5.60. The Morgan fingerprint density at radius 2 is 2.31 bits per heavy atom. The summed E-state index contributed by atoms with van der Waals surface area (Å²) in [5, 5.41) is 4.99. The van der Waals surface area contributed by atoms with Crippen molar-refractivity contribution in [2.24, 2.45) is 0 Å². The van der Waals surface area contributed by atoms with Gasteiger partial charge in [-0.15, -0.1) is 11.3 Å². The highest BCUT2D eigenvalue weighted by atomic mass is 32.1. The second-order valence-electron chi connectivity index (χ2n) is 3.20.